The Hall–Kier alpha value is -2.49. The Morgan fingerprint density at radius 3 is 2.71 bits per heavy atom. The topological polar surface area (TPSA) is 47.6 Å². The fraction of sp³-hybridized carbons (Fsp3) is 0.235. The molecule has 1 atom stereocenters. The molecule has 4 nitrogen and oxygen atoms in total. The van der Waals surface area contributed by atoms with Crippen molar-refractivity contribution < 1.29 is 14.3 Å². The molecule has 1 aliphatic heterocycles. The Morgan fingerprint density at radius 2 is 2.00 bits per heavy atom. The molecule has 3 rings (SSSR count). The molecule has 21 heavy (non-hydrogen) atoms. The third-order valence-electron chi connectivity index (χ3n) is 3.51. The van der Waals surface area contributed by atoms with Crippen LogP contribution in [0.2, 0.25) is 0 Å². The fourth-order valence-electron chi connectivity index (χ4n) is 2.44. The van der Waals surface area contributed by atoms with Crippen molar-refractivity contribution in [3.8, 4) is 11.5 Å². The monoisotopic (exact) mass is 283 g/mol. The zero-order valence-electron chi connectivity index (χ0n) is 12.1. The van der Waals surface area contributed by atoms with Crippen molar-refractivity contribution in [3.05, 3.63) is 53.6 Å². The number of methoxy groups -OCH3 is 1. The molecule has 0 spiro atoms. The zero-order chi connectivity index (χ0) is 14.8. The van der Waals surface area contributed by atoms with Gasteiger partial charge in [0.25, 0.3) is 5.91 Å². The molecule has 0 bridgehead atoms. The maximum atomic E-state index is 12.3. The van der Waals surface area contributed by atoms with E-state index < -0.39 is 0 Å². The van der Waals surface area contributed by atoms with Gasteiger partial charge >= 0.3 is 0 Å². The summed E-state index contributed by atoms with van der Waals surface area (Å²) < 4.78 is 10.7. The first kappa shape index (κ1) is 13.5. The van der Waals surface area contributed by atoms with Gasteiger partial charge in [0, 0.05) is 17.7 Å². The number of amides is 1. The molecule has 0 fully saturated rings. The molecule has 1 N–H and O–H groups in total. The predicted molar refractivity (Wildman–Crippen MR) is 81.2 cm³/mol. The molecule has 0 unspecified atom stereocenters. The Kier molecular flexibility index (Phi) is 3.52. The number of anilines is 1. The van der Waals surface area contributed by atoms with Gasteiger partial charge in [-0.2, -0.15) is 0 Å². The fourth-order valence-corrected chi connectivity index (χ4v) is 2.44. The Labute approximate surface area is 123 Å². The summed E-state index contributed by atoms with van der Waals surface area (Å²) >= 11 is 0. The van der Waals surface area contributed by atoms with E-state index in [1.54, 1.807) is 13.2 Å². The Balaban J connectivity index is 1.75. The first-order valence-electron chi connectivity index (χ1n) is 6.90. The van der Waals surface area contributed by atoms with Gasteiger partial charge in [-0.25, -0.2) is 0 Å². The number of hydrogen-bond acceptors (Lipinski definition) is 3. The maximum Gasteiger partial charge on any atom is 0.255 e. The number of carbonyl (C=O) groups is 1. The van der Waals surface area contributed by atoms with Crippen molar-refractivity contribution in [2.75, 3.05) is 12.4 Å². The van der Waals surface area contributed by atoms with E-state index in [-0.39, 0.29) is 12.0 Å². The summed E-state index contributed by atoms with van der Waals surface area (Å²) in [5.41, 5.74) is 2.47. The molecule has 108 valence electrons. The third kappa shape index (κ3) is 2.84. The summed E-state index contributed by atoms with van der Waals surface area (Å²) in [4.78, 5) is 12.3. The number of benzene rings is 2. The van der Waals surface area contributed by atoms with Crippen molar-refractivity contribution in [2.24, 2.45) is 0 Å². The minimum Gasteiger partial charge on any atom is -0.497 e. The van der Waals surface area contributed by atoms with Crippen molar-refractivity contribution >= 4 is 11.6 Å². The highest BCUT2D eigenvalue weighted by atomic mass is 16.5. The summed E-state index contributed by atoms with van der Waals surface area (Å²) in [6.07, 6.45) is 1.03. The second-order valence-electron chi connectivity index (χ2n) is 5.14. The van der Waals surface area contributed by atoms with Gasteiger partial charge < -0.3 is 14.8 Å². The van der Waals surface area contributed by atoms with Crippen LogP contribution in [0.25, 0.3) is 0 Å². The molecule has 2 aromatic rings. The van der Waals surface area contributed by atoms with Crippen LogP contribution in [0, 0.1) is 0 Å². The lowest BCUT2D eigenvalue weighted by Crippen LogP contribution is -2.11. The van der Waals surface area contributed by atoms with E-state index in [1.165, 1.54) is 0 Å². The molecule has 0 saturated heterocycles. The van der Waals surface area contributed by atoms with Crippen LogP contribution >= 0.6 is 0 Å². The van der Waals surface area contributed by atoms with E-state index in [0.717, 1.165) is 29.2 Å². The minimum absolute atomic E-state index is 0.123. The Bertz CT molecular complexity index is 664. The molecule has 1 amide bonds. The highest BCUT2D eigenvalue weighted by molar-refractivity contribution is 6.04. The van der Waals surface area contributed by atoms with Crippen molar-refractivity contribution in [2.45, 2.75) is 19.4 Å². The molecule has 0 saturated carbocycles. The summed E-state index contributed by atoms with van der Waals surface area (Å²) in [6.45, 7) is 2.02. The van der Waals surface area contributed by atoms with Gasteiger partial charge in [0.1, 0.15) is 17.6 Å². The van der Waals surface area contributed by atoms with Crippen molar-refractivity contribution in [1.82, 2.24) is 0 Å². The van der Waals surface area contributed by atoms with Crippen LogP contribution in [0.5, 0.6) is 11.5 Å². The van der Waals surface area contributed by atoms with Crippen molar-refractivity contribution in [3.63, 3.8) is 0 Å². The number of nitrogens with one attached hydrogen (secondary N) is 1. The Morgan fingerprint density at radius 1 is 1.24 bits per heavy atom. The van der Waals surface area contributed by atoms with E-state index in [4.69, 9.17) is 9.47 Å². The summed E-state index contributed by atoms with van der Waals surface area (Å²) in [5, 5.41) is 2.88. The lowest BCUT2D eigenvalue weighted by atomic mass is 10.1. The minimum atomic E-state index is -0.123. The molecule has 1 aliphatic rings. The first-order valence-corrected chi connectivity index (χ1v) is 6.90. The van der Waals surface area contributed by atoms with E-state index in [1.807, 2.05) is 43.3 Å². The van der Waals surface area contributed by atoms with Crippen LogP contribution in [-0.2, 0) is 6.42 Å². The van der Waals surface area contributed by atoms with E-state index in [9.17, 15) is 4.79 Å². The van der Waals surface area contributed by atoms with Crippen LogP contribution in [0.15, 0.2) is 42.5 Å². The number of hydrogen-bond donors (Lipinski definition) is 1. The molecular formula is C17H17NO3. The van der Waals surface area contributed by atoms with E-state index in [0.29, 0.717) is 5.56 Å². The largest absolute Gasteiger partial charge is 0.497 e. The first-order chi connectivity index (χ1) is 10.2. The predicted octanol–water partition coefficient (Wildman–Crippen LogP) is 3.27. The van der Waals surface area contributed by atoms with Crippen LogP contribution in [0.1, 0.15) is 22.8 Å². The van der Waals surface area contributed by atoms with Gasteiger partial charge in [-0.1, -0.05) is 0 Å². The van der Waals surface area contributed by atoms with Gasteiger partial charge in [0.15, 0.2) is 0 Å². The lowest BCUT2D eigenvalue weighted by Gasteiger charge is -2.07. The highest BCUT2D eigenvalue weighted by Gasteiger charge is 2.20. The number of carbonyl (C=O) groups excluding carboxylic acids is 1. The lowest BCUT2D eigenvalue weighted by molar-refractivity contribution is 0.102. The summed E-state index contributed by atoms with van der Waals surface area (Å²) in [6, 6.07) is 12.8. The van der Waals surface area contributed by atoms with Crippen LogP contribution < -0.4 is 14.8 Å². The van der Waals surface area contributed by atoms with Gasteiger partial charge in [0.2, 0.25) is 0 Å². The summed E-state index contributed by atoms with van der Waals surface area (Å²) in [7, 11) is 1.61. The second kappa shape index (κ2) is 5.48. The molecule has 0 radical (unpaired) electrons. The average Bonchev–Trinajstić information content (AvgIpc) is 2.87. The normalized spacial score (nSPS) is 16.0. The van der Waals surface area contributed by atoms with E-state index >= 15 is 0 Å². The molecule has 2 aromatic carbocycles. The number of ether oxygens (including phenoxy) is 2. The molecule has 1 heterocycles. The van der Waals surface area contributed by atoms with Gasteiger partial charge in [0.05, 0.1) is 7.11 Å². The third-order valence-corrected chi connectivity index (χ3v) is 3.51. The van der Waals surface area contributed by atoms with E-state index in [2.05, 4.69) is 5.32 Å². The van der Waals surface area contributed by atoms with Crippen LogP contribution in [0.3, 0.4) is 0 Å². The van der Waals surface area contributed by atoms with Gasteiger partial charge in [-0.05, 0) is 55.0 Å². The average molecular weight is 283 g/mol. The zero-order valence-corrected chi connectivity index (χ0v) is 12.1. The van der Waals surface area contributed by atoms with Gasteiger partial charge in [-0.3, -0.25) is 4.79 Å². The number of fused-ring (bicyclic) bond motifs is 1. The summed E-state index contributed by atoms with van der Waals surface area (Å²) in [5.74, 6) is 1.52. The standard InChI is InChI=1S/C17H17NO3/c1-11-9-13-10-12(3-8-16(13)21-11)17(19)18-14-4-6-15(20-2)7-5-14/h3-8,10-11H,9H2,1-2H3,(H,18,19)/t11-/m1/s1. The smallest absolute Gasteiger partial charge is 0.255 e. The van der Waals surface area contributed by atoms with Crippen molar-refractivity contribution in [1.29, 1.82) is 0 Å². The number of rotatable bonds is 3. The van der Waals surface area contributed by atoms with Crippen LogP contribution in [0.4, 0.5) is 5.69 Å². The second-order valence-corrected chi connectivity index (χ2v) is 5.14. The SMILES string of the molecule is COc1ccc(NC(=O)c2ccc3c(c2)C[C@@H](C)O3)cc1. The molecule has 0 aliphatic carbocycles. The quantitative estimate of drug-likeness (QED) is 0.940. The van der Waals surface area contributed by atoms with Crippen LogP contribution in [-0.4, -0.2) is 19.1 Å². The molecular weight excluding hydrogens is 266 g/mol. The molecule has 4 heteroatoms. The van der Waals surface area contributed by atoms with Gasteiger partial charge in [-0.15, -0.1) is 0 Å². The molecule has 0 aromatic heterocycles. The highest BCUT2D eigenvalue weighted by Crippen LogP contribution is 2.29. The maximum absolute atomic E-state index is 12.3.